The van der Waals surface area contributed by atoms with Gasteiger partial charge in [-0.2, -0.15) is 13.2 Å². The van der Waals surface area contributed by atoms with Gasteiger partial charge in [-0.25, -0.2) is 0 Å². The molecule has 112 valence electrons. The lowest BCUT2D eigenvalue weighted by molar-refractivity contribution is -0.152. The normalized spacial score (nSPS) is 14.1. The Morgan fingerprint density at radius 2 is 1.86 bits per heavy atom. The second-order valence-electron chi connectivity index (χ2n) is 4.53. The fourth-order valence-electron chi connectivity index (χ4n) is 2.05. The first-order valence-electron chi connectivity index (χ1n) is 6.19. The molecular formula is C14H14F3N3O. The number of nitrogens with two attached hydrogens (primary N) is 1. The van der Waals surface area contributed by atoms with Crippen LogP contribution in [0.25, 0.3) is 10.8 Å². The van der Waals surface area contributed by atoms with Crippen LogP contribution in [0.1, 0.15) is 0 Å². The number of halogens is 3. The van der Waals surface area contributed by atoms with Crippen molar-refractivity contribution in [2.75, 3.05) is 11.9 Å². The van der Waals surface area contributed by atoms with Gasteiger partial charge < -0.3 is 16.3 Å². The second kappa shape index (κ2) is 5.90. The summed E-state index contributed by atoms with van der Waals surface area (Å²) in [6.07, 6.45) is -4.59. The average Bonchev–Trinajstić information content (AvgIpc) is 2.46. The molecule has 0 fully saturated rings. The van der Waals surface area contributed by atoms with Gasteiger partial charge in [0.25, 0.3) is 0 Å². The summed E-state index contributed by atoms with van der Waals surface area (Å²) in [5, 5.41) is 15.4. The average molecular weight is 297 g/mol. The molecule has 0 saturated heterocycles. The molecule has 0 spiro atoms. The standard InChI is InChI=1S/C14H14F3N3O/c15-14(16,17)11(13(18)20-21)8-19-12-7-3-5-9-4-1-2-6-10(9)12/h1-7,11,19,21H,8H2,(H2,18,20). The maximum atomic E-state index is 12.9. The van der Waals surface area contributed by atoms with Gasteiger partial charge >= 0.3 is 6.18 Å². The highest BCUT2D eigenvalue weighted by Crippen LogP contribution is 2.28. The van der Waals surface area contributed by atoms with Crippen LogP contribution in [0, 0.1) is 5.92 Å². The molecule has 1 atom stereocenters. The van der Waals surface area contributed by atoms with Crippen LogP contribution in [0.4, 0.5) is 18.9 Å². The first-order chi connectivity index (χ1) is 9.93. The van der Waals surface area contributed by atoms with Crippen LogP contribution in [0.3, 0.4) is 0 Å². The Balaban J connectivity index is 2.24. The van der Waals surface area contributed by atoms with Crippen LogP contribution in [-0.2, 0) is 0 Å². The lowest BCUT2D eigenvalue weighted by atomic mass is 10.1. The number of amidine groups is 1. The zero-order valence-corrected chi connectivity index (χ0v) is 10.9. The predicted molar refractivity (Wildman–Crippen MR) is 75.4 cm³/mol. The van der Waals surface area contributed by atoms with Crippen molar-refractivity contribution in [1.82, 2.24) is 0 Å². The summed E-state index contributed by atoms with van der Waals surface area (Å²) in [6, 6.07) is 12.6. The molecule has 0 saturated carbocycles. The van der Waals surface area contributed by atoms with E-state index in [1.165, 1.54) is 0 Å². The van der Waals surface area contributed by atoms with Crippen molar-refractivity contribution >= 4 is 22.3 Å². The first-order valence-corrected chi connectivity index (χ1v) is 6.19. The summed E-state index contributed by atoms with van der Waals surface area (Å²) in [5.74, 6) is -2.92. The minimum atomic E-state index is -4.59. The number of nitrogens with one attached hydrogen (secondary N) is 1. The van der Waals surface area contributed by atoms with Crippen molar-refractivity contribution in [3.05, 3.63) is 42.5 Å². The number of fused-ring (bicyclic) bond motifs is 1. The molecule has 7 heteroatoms. The Hall–Kier alpha value is -2.44. The molecule has 0 heterocycles. The molecule has 2 aromatic rings. The zero-order valence-electron chi connectivity index (χ0n) is 10.9. The molecule has 4 nitrogen and oxygen atoms in total. The molecule has 0 radical (unpaired) electrons. The first kappa shape index (κ1) is 15.0. The summed E-state index contributed by atoms with van der Waals surface area (Å²) in [7, 11) is 0. The number of rotatable bonds is 4. The van der Waals surface area contributed by atoms with Crippen LogP contribution in [0.5, 0.6) is 0 Å². The molecule has 2 aromatic carbocycles. The third-order valence-corrected chi connectivity index (χ3v) is 3.15. The Labute approximate surface area is 119 Å². The van der Waals surface area contributed by atoms with E-state index in [2.05, 4.69) is 10.5 Å². The van der Waals surface area contributed by atoms with Crippen molar-refractivity contribution in [3.8, 4) is 0 Å². The van der Waals surface area contributed by atoms with Crippen molar-refractivity contribution in [3.63, 3.8) is 0 Å². The van der Waals surface area contributed by atoms with Crippen LogP contribution in [-0.4, -0.2) is 23.8 Å². The van der Waals surface area contributed by atoms with Crippen molar-refractivity contribution in [2.24, 2.45) is 16.8 Å². The maximum Gasteiger partial charge on any atom is 0.400 e. The fraction of sp³-hybridized carbons (Fsp3) is 0.214. The third-order valence-electron chi connectivity index (χ3n) is 3.15. The second-order valence-corrected chi connectivity index (χ2v) is 4.53. The number of benzene rings is 2. The van der Waals surface area contributed by atoms with Gasteiger partial charge in [0, 0.05) is 17.6 Å². The maximum absolute atomic E-state index is 12.9. The highest BCUT2D eigenvalue weighted by atomic mass is 19.4. The van der Waals surface area contributed by atoms with Gasteiger partial charge in [-0.15, -0.1) is 0 Å². The van der Waals surface area contributed by atoms with E-state index in [1.807, 2.05) is 24.3 Å². The summed E-state index contributed by atoms with van der Waals surface area (Å²) in [5.41, 5.74) is 5.68. The quantitative estimate of drug-likeness (QED) is 0.351. The van der Waals surface area contributed by atoms with Crippen molar-refractivity contribution in [2.45, 2.75) is 6.18 Å². The summed E-state index contributed by atoms with van der Waals surface area (Å²) < 4.78 is 38.6. The Kier molecular flexibility index (Phi) is 4.21. The van der Waals surface area contributed by atoms with E-state index < -0.39 is 24.5 Å². The molecule has 0 aliphatic carbocycles. The molecule has 0 bridgehead atoms. The fourth-order valence-corrected chi connectivity index (χ4v) is 2.05. The van der Waals surface area contributed by atoms with Gasteiger partial charge in [0.2, 0.25) is 0 Å². The van der Waals surface area contributed by atoms with E-state index in [9.17, 15) is 13.2 Å². The highest BCUT2D eigenvalue weighted by Gasteiger charge is 2.42. The van der Waals surface area contributed by atoms with Gasteiger partial charge in [0.1, 0.15) is 5.92 Å². The van der Waals surface area contributed by atoms with Gasteiger partial charge in [-0.1, -0.05) is 41.6 Å². The van der Waals surface area contributed by atoms with Gasteiger partial charge in [0.05, 0.1) is 0 Å². The number of hydrogen-bond acceptors (Lipinski definition) is 3. The van der Waals surface area contributed by atoms with E-state index in [4.69, 9.17) is 10.9 Å². The van der Waals surface area contributed by atoms with Crippen LogP contribution >= 0.6 is 0 Å². The Bertz CT molecular complexity index is 650. The minimum absolute atomic E-state index is 0.507. The molecule has 2 rings (SSSR count). The number of alkyl halides is 3. The lowest BCUT2D eigenvalue weighted by Crippen LogP contribution is -2.40. The van der Waals surface area contributed by atoms with E-state index >= 15 is 0 Å². The van der Waals surface area contributed by atoms with Crippen molar-refractivity contribution in [1.29, 1.82) is 0 Å². The lowest BCUT2D eigenvalue weighted by Gasteiger charge is -2.20. The van der Waals surface area contributed by atoms with Gasteiger partial charge in [-0.3, -0.25) is 0 Å². The summed E-state index contributed by atoms with van der Waals surface area (Å²) in [4.78, 5) is 0. The summed E-state index contributed by atoms with van der Waals surface area (Å²) >= 11 is 0. The smallest absolute Gasteiger partial charge is 0.400 e. The molecule has 0 aliphatic rings. The molecule has 4 N–H and O–H groups in total. The highest BCUT2D eigenvalue weighted by molar-refractivity contribution is 5.94. The predicted octanol–water partition coefficient (Wildman–Crippen LogP) is 3.18. The van der Waals surface area contributed by atoms with Gasteiger partial charge in [-0.05, 0) is 11.5 Å². The Morgan fingerprint density at radius 1 is 1.19 bits per heavy atom. The topological polar surface area (TPSA) is 70.6 Å². The molecule has 21 heavy (non-hydrogen) atoms. The van der Waals surface area contributed by atoms with Gasteiger partial charge in [0.15, 0.2) is 5.84 Å². The number of oxime groups is 1. The van der Waals surface area contributed by atoms with E-state index in [0.717, 1.165) is 10.8 Å². The van der Waals surface area contributed by atoms with E-state index in [0.29, 0.717) is 5.69 Å². The molecule has 1 unspecified atom stereocenters. The SMILES string of the molecule is N/C(=N/O)C(CNc1cccc2ccccc12)C(F)(F)F. The van der Waals surface area contributed by atoms with Crippen molar-refractivity contribution < 1.29 is 18.4 Å². The van der Waals surface area contributed by atoms with E-state index in [-0.39, 0.29) is 0 Å². The molecule has 0 aliphatic heterocycles. The zero-order chi connectivity index (χ0) is 15.5. The summed E-state index contributed by atoms with van der Waals surface area (Å²) in [6.45, 7) is -0.507. The van der Waals surface area contributed by atoms with Crippen LogP contribution in [0.2, 0.25) is 0 Å². The van der Waals surface area contributed by atoms with E-state index in [1.54, 1.807) is 18.2 Å². The molecular weight excluding hydrogens is 283 g/mol. The molecule has 0 amide bonds. The van der Waals surface area contributed by atoms with Crippen LogP contribution in [0.15, 0.2) is 47.6 Å². The number of nitrogens with zero attached hydrogens (tertiary/aromatic N) is 1. The number of hydrogen-bond donors (Lipinski definition) is 3. The minimum Gasteiger partial charge on any atom is -0.409 e. The Morgan fingerprint density at radius 3 is 2.52 bits per heavy atom. The number of anilines is 1. The monoisotopic (exact) mass is 297 g/mol. The third kappa shape index (κ3) is 3.36. The largest absolute Gasteiger partial charge is 0.409 e. The molecule has 0 aromatic heterocycles. The van der Waals surface area contributed by atoms with Crippen LogP contribution < -0.4 is 11.1 Å².